The van der Waals surface area contributed by atoms with Crippen LogP contribution in [0.15, 0.2) is 164 Å². The number of aryl methyl sites for hydroxylation is 1. The Labute approximate surface area is 422 Å². The Morgan fingerprint density at radius 2 is 1.23 bits per heavy atom. The Hall–Kier alpha value is -6.35. The summed E-state index contributed by atoms with van der Waals surface area (Å²) in [4.78, 5) is 10.3. The third-order valence-electron chi connectivity index (χ3n) is 12.0. The van der Waals surface area contributed by atoms with E-state index < -0.39 is 38.2 Å². The minimum Gasteiger partial charge on any atom is -0.507 e. The summed E-state index contributed by atoms with van der Waals surface area (Å²) in [5, 5.41) is 12.6. The number of phenolic OH excluding ortho intramolecular Hbond substituents is 1. The fourth-order valence-electron chi connectivity index (χ4n) is 8.45. The van der Waals surface area contributed by atoms with E-state index in [0.717, 1.165) is 27.8 Å². The molecule has 1 N–H and O–H groups in total. The van der Waals surface area contributed by atoms with E-state index in [2.05, 4.69) is 53.7 Å². The van der Waals surface area contributed by atoms with Crippen molar-refractivity contribution in [3.63, 3.8) is 0 Å². The van der Waals surface area contributed by atoms with E-state index >= 15 is 0 Å². The van der Waals surface area contributed by atoms with Crippen LogP contribution in [0.1, 0.15) is 101 Å². The molecule has 0 spiro atoms. The molecule has 7 aromatic carbocycles. The molecule has 0 atom stereocenters. The Kier molecular flexibility index (Phi) is 8.94. The third-order valence-corrected chi connectivity index (χ3v) is 12.0. The normalized spacial score (nSPS) is 15.5. The van der Waals surface area contributed by atoms with Crippen LogP contribution in [0.2, 0.25) is 0 Å². The summed E-state index contributed by atoms with van der Waals surface area (Å²) < 4.78 is 101. The second-order valence-corrected chi connectivity index (χ2v) is 18.8. The molecule has 66 heavy (non-hydrogen) atoms. The van der Waals surface area contributed by atoms with Gasteiger partial charge in [-0.2, -0.15) is 0 Å². The van der Waals surface area contributed by atoms with Crippen LogP contribution >= 0.6 is 0 Å². The average Bonchev–Trinajstić information content (AvgIpc) is 3.90. The number of hydrogen-bond acceptors (Lipinski definition) is 3. The fraction of sp³-hybridized carbons (Fsp3) is 0.213. The van der Waals surface area contributed by atoms with E-state index in [4.69, 9.17) is 26.4 Å². The SMILES string of the molecule is [2H]C([2H])([2H])c1ccc(-n2c(-c3cc(C(C)(C)C)cc(C(C)(C)C)c3O)nc3c(-c4[c-]c(-c5cc(-c6ccc(C(C([2H])([2H])[2H])(C([2H])([2H])[2H])C([2H])([2H])[2H])cc6)ccn5)cc(-c5ccccc5)c4)cccc32)c(-c2ccccc2)c1.[Pt]. The Morgan fingerprint density at radius 1 is 0.545 bits per heavy atom. The molecule has 9 aromatic rings. The molecule has 334 valence electrons. The summed E-state index contributed by atoms with van der Waals surface area (Å²) in [6.07, 6.45) is 1.62. The van der Waals surface area contributed by atoms with Gasteiger partial charge in [-0.05, 0) is 86.8 Å². The first-order valence-corrected chi connectivity index (χ1v) is 21.7. The molecule has 0 aliphatic carbocycles. The maximum atomic E-state index is 12.6. The number of para-hydroxylation sites is 1. The smallest absolute Gasteiger partial charge is 0.148 e. The minimum atomic E-state index is -3.40. The second-order valence-electron chi connectivity index (χ2n) is 18.8. The second kappa shape index (κ2) is 17.8. The number of aromatic nitrogens is 3. The largest absolute Gasteiger partial charge is 0.507 e. The van der Waals surface area contributed by atoms with Gasteiger partial charge in [-0.3, -0.25) is 9.55 Å². The molecule has 0 aliphatic heterocycles. The van der Waals surface area contributed by atoms with Crippen LogP contribution < -0.4 is 0 Å². The molecule has 2 heterocycles. The number of imidazole rings is 1. The van der Waals surface area contributed by atoms with Crippen molar-refractivity contribution in [1.82, 2.24) is 14.5 Å². The summed E-state index contributed by atoms with van der Waals surface area (Å²) in [7, 11) is 0. The van der Waals surface area contributed by atoms with E-state index in [1.165, 1.54) is 24.3 Å². The zero-order valence-corrected chi connectivity index (χ0v) is 40.0. The van der Waals surface area contributed by atoms with Crippen molar-refractivity contribution in [2.75, 3.05) is 0 Å². The van der Waals surface area contributed by atoms with Crippen LogP contribution in [0.25, 0.3) is 83.9 Å². The van der Waals surface area contributed by atoms with Crippen LogP contribution in [0, 0.1) is 12.9 Å². The van der Waals surface area contributed by atoms with Gasteiger partial charge in [0, 0.05) is 60.5 Å². The van der Waals surface area contributed by atoms with Crippen molar-refractivity contribution in [3.8, 4) is 78.6 Å². The first kappa shape index (κ1) is 33.2. The first-order valence-electron chi connectivity index (χ1n) is 27.7. The van der Waals surface area contributed by atoms with Gasteiger partial charge in [0.25, 0.3) is 0 Å². The molecule has 0 unspecified atom stereocenters. The molecule has 2 aromatic heterocycles. The summed E-state index contributed by atoms with van der Waals surface area (Å²) in [5.41, 5.74) is 6.92. The summed E-state index contributed by atoms with van der Waals surface area (Å²) in [6, 6.07) is 51.4. The van der Waals surface area contributed by atoms with Gasteiger partial charge in [-0.15, -0.1) is 23.8 Å². The van der Waals surface area contributed by atoms with Crippen LogP contribution in [0.4, 0.5) is 0 Å². The summed E-state index contributed by atoms with van der Waals surface area (Å²) in [5.74, 6) is 0.518. The van der Waals surface area contributed by atoms with Crippen molar-refractivity contribution in [2.24, 2.45) is 0 Å². The number of pyridine rings is 1. The van der Waals surface area contributed by atoms with Crippen molar-refractivity contribution in [2.45, 2.75) is 85.2 Å². The van der Waals surface area contributed by atoms with Crippen molar-refractivity contribution in [1.29, 1.82) is 0 Å². The Morgan fingerprint density at radius 3 is 1.89 bits per heavy atom. The van der Waals surface area contributed by atoms with Gasteiger partial charge in [-0.25, -0.2) is 4.98 Å². The molecule has 0 saturated heterocycles. The first-order chi connectivity index (χ1) is 35.9. The standard InChI is InChI=1S/C61H58N3O.Pt/c1-39-24-29-54(50(32-39)42-20-15-12-16-21-42)64-55-23-17-22-49(56(55)63-58(64)51-37-48(60(5,6)7)38-52(57(51)65)61(8,9)10)45-33-44(40-18-13-11-14-19-40)34-46(35-45)53-36-43(30-31-62-53)41-25-27-47(28-26-41)59(2,3)4;/h11-34,36-38,65H,1-10H3;/q-1;/i1D3,2D3,3D3,4D3;. The van der Waals surface area contributed by atoms with Crippen molar-refractivity contribution in [3.05, 3.63) is 192 Å². The van der Waals surface area contributed by atoms with Gasteiger partial charge in [0.2, 0.25) is 0 Å². The maximum Gasteiger partial charge on any atom is 0.148 e. The van der Waals surface area contributed by atoms with Crippen molar-refractivity contribution < 1.29 is 42.6 Å². The molecule has 0 saturated carbocycles. The molecule has 9 rings (SSSR count). The Bertz CT molecular complexity index is 3630. The van der Waals surface area contributed by atoms with Gasteiger partial charge in [0.05, 0.1) is 22.3 Å². The molecule has 0 fully saturated rings. The molecule has 4 nitrogen and oxygen atoms in total. The zero-order valence-electron chi connectivity index (χ0n) is 49.7. The summed E-state index contributed by atoms with van der Waals surface area (Å²) in [6.45, 7) is -0.0308. The van der Waals surface area contributed by atoms with E-state index in [1.807, 2.05) is 114 Å². The molecule has 0 bridgehead atoms. The third kappa shape index (κ3) is 9.09. The maximum absolute atomic E-state index is 12.6. The quantitative estimate of drug-likeness (QED) is 0.162. The van der Waals surface area contributed by atoms with E-state index in [9.17, 15) is 5.11 Å². The number of aromatic hydroxyl groups is 1. The number of fused-ring (bicyclic) bond motifs is 1. The predicted molar refractivity (Wildman–Crippen MR) is 273 cm³/mol. The van der Waals surface area contributed by atoms with Crippen LogP contribution in [-0.2, 0) is 37.3 Å². The molecule has 0 amide bonds. The number of benzene rings is 7. The molecular formula is C61H58N3OPt-. The van der Waals surface area contributed by atoms with E-state index in [0.29, 0.717) is 67.2 Å². The molecule has 0 radical (unpaired) electrons. The zero-order chi connectivity index (χ0) is 55.8. The topological polar surface area (TPSA) is 50.9 Å². The number of rotatable bonds is 7. The minimum absolute atomic E-state index is 0. The summed E-state index contributed by atoms with van der Waals surface area (Å²) >= 11 is 0. The number of hydrogen-bond donors (Lipinski definition) is 1. The van der Waals surface area contributed by atoms with Crippen molar-refractivity contribution >= 4 is 11.0 Å². The number of phenols is 1. The van der Waals surface area contributed by atoms with Crippen LogP contribution in [0.3, 0.4) is 0 Å². The van der Waals surface area contributed by atoms with Gasteiger partial charge >= 0.3 is 0 Å². The molecule has 0 aliphatic rings. The van der Waals surface area contributed by atoms with Gasteiger partial charge in [0.15, 0.2) is 0 Å². The monoisotopic (exact) mass is 1060 g/mol. The Balaban J connectivity index is 0.00000803. The van der Waals surface area contributed by atoms with Gasteiger partial charge in [-0.1, -0.05) is 200 Å². The fourth-order valence-corrected chi connectivity index (χ4v) is 8.45. The van der Waals surface area contributed by atoms with Gasteiger partial charge in [0.1, 0.15) is 11.6 Å². The van der Waals surface area contributed by atoms with Gasteiger partial charge < -0.3 is 5.11 Å². The predicted octanol–water partition coefficient (Wildman–Crippen LogP) is 16.1. The van der Waals surface area contributed by atoms with Crippen LogP contribution in [-0.4, -0.2) is 19.6 Å². The average molecular weight is 1060 g/mol. The molecule has 5 heteroatoms. The number of nitrogens with zero attached hydrogens (tertiary/aromatic N) is 3. The molecular weight excluding hydrogens is 986 g/mol. The van der Waals surface area contributed by atoms with E-state index in [-0.39, 0.29) is 43.4 Å². The van der Waals surface area contributed by atoms with Crippen LogP contribution in [0.5, 0.6) is 5.75 Å². The van der Waals surface area contributed by atoms with E-state index in [1.54, 1.807) is 24.4 Å².